The first kappa shape index (κ1) is 14.3. The maximum atomic E-state index is 6.23. The van der Waals surface area contributed by atoms with E-state index in [9.17, 15) is 0 Å². The molecule has 1 saturated carbocycles. The van der Waals surface area contributed by atoms with E-state index >= 15 is 0 Å². The lowest BCUT2D eigenvalue weighted by molar-refractivity contribution is 0.696. The Kier molecular flexibility index (Phi) is 4.11. The van der Waals surface area contributed by atoms with Crippen LogP contribution >= 0.6 is 11.6 Å². The fourth-order valence-corrected chi connectivity index (χ4v) is 3.07. The molecule has 0 bridgehead atoms. The molecule has 0 atom stereocenters. The molecule has 1 aliphatic carbocycles. The topological polar surface area (TPSA) is 37.8 Å². The number of hydrogen-bond donors (Lipinski definition) is 1. The highest BCUT2D eigenvalue weighted by Gasteiger charge is 2.20. The highest BCUT2D eigenvalue weighted by Crippen LogP contribution is 2.35. The summed E-state index contributed by atoms with van der Waals surface area (Å²) < 4.78 is 0. The normalized spacial score (nSPS) is 15.4. The molecule has 1 aromatic carbocycles. The number of nitrogens with zero attached hydrogens (tertiary/aromatic N) is 2. The maximum absolute atomic E-state index is 6.23. The molecule has 110 valence electrons. The third-order valence-electron chi connectivity index (χ3n) is 4.21. The van der Waals surface area contributed by atoms with Crippen molar-refractivity contribution in [1.29, 1.82) is 0 Å². The van der Waals surface area contributed by atoms with Crippen molar-refractivity contribution >= 4 is 17.4 Å². The zero-order valence-electron chi connectivity index (χ0n) is 12.5. The van der Waals surface area contributed by atoms with Gasteiger partial charge in [-0.1, -0.05) is 36.6 Å². The summed E-state index contributed by atoms with van der Waals surface area (Å²) in [6.07, 6.45) is 5.06. The summed E-state index contributed by atoms with van der Waals surface area (Å²) in [5.74, 6) is 2.20. The van der Waals surface area contributed by atoms with Gasteiger partial charge in [0.25, 0.3) is 0 Å². The van der Waals surface area contributed by atoms with Crippen LogP contribution in [-0.4, -0.2) is 17.0 Å². The predicted molar refractivity (Wildman–Crippen MR) is 88.0 cm³/mol. The van der Waals surface area contributed by atoms with Gasteiger partial charge in [-0.15, -0.1) is 0 Å². The van der Waals surface area contributed by atoms with Gasteiger partial charge in [-0.05, 0) is 31.4 Å². The number of aryl methyl sites for hydroxylation is 1. The van der Waals surface area contributed by atoms with E-state index in [0.717, 1.165) is 33.5 Å². The van der Waals surface area contributed by atoms with Crippen LogP contribution in [0.5, 0.6) is 0 Å². The average molecular weight is 302 g/mol. The summed E-state index contributed by atoms with van der Waals surface area (Å²) in [6.45, 7) is 2.00. The number of rotatable bonds is 3. The van der Waals surface area contributed by atoms with Crippen molar-refractivity contribution in [1.82, 2.24) is 9.97 Å². The Morgan fingerprint density at radius 1 is 1.14 bits per heavy atom. The molecule has 3 nitrogen and oxygen atoms in total. The van der Waals surface area contributed by atoms with E-state index in [-0.39, 0.29) is 0 Å². The zero-order chi connectivity index (χ0) is 14.8. The second-order valence-corrected chi connectivity index (χ2v) is 6.10. The van der Waals surface area contributed by atoms with E-state index in [1.165, 1.54) is 25.7 Å². The van der Waals surface area contributed by atoms with Gasteiger partial charge in [-0.25, -0.2) is 9.97 Å². The predicted octanol–water partition coefficient (Wildman–Crippen LogP) is 4.80. The van der Waals surface area contributed by atoms with Crippen LogP contribution in [0.1, 0.15) is 42.9 Å². The summed E-state index contributed by atoms with van der Waals surface area (Å²) in [5.41, 5.74) is 3.20. The average Bonchev–Trinajstić information content (AvgIpc) is 3.04. The second kappa shape index (κ2) is 6.02. The van der Waals surface area contributed by atoms with Crippen LogP contribution in [0.3, 0.4) is 0 Å². The maximum Gasteiger partial charge on any atom is 0.161 e. The third-order valence-corrected chi connectivity index (χ3v) is 4.61. The largest absolute Gasteiger partial charge is 0.373 e. The van der Waals surface area contributed by atoms with E-state index in [2.05, 4.69) is 16.4 Å². The SMILES string of the molecule is CNc1cc(C2CCCC2)nc(-c2ccc(C)c(Cl)c2)n1. The highest BCUT2D eigenvalue weighted by atomic mass is 35.5. The first-order chi connectivity index (χ1) is 10.2. The van der Waals surface area contributed by atoms with E-state index in [0.29, 0.717) is 5.92 Å². The summed E-state index contributed by atoms with van der Waals surface area (Å²) in [4.78, 5) is 9.38. The van der Waals surface area contributed by atoms with Gasteiger partial charge in [0, 0.05) is 35.3 Å². The summed E-state index contributed by atoms with van der Waals surface area (Å²) in [6, 6.07) is 8.08. The molecular weight excluding hydrogens is 282 g/mol. The smallest absolute Gasteiger partial charge is 0.161 e. The molecule has 0 aliphatic heterocycles. The Bertz CT molecular complexity index is 648. The van der Waals surface area contributed by atoms with Crippen LogP contribution in [0.2, 0.25) is 5.02 Å². The molecule has 0 spiro atoms. The second-order valence-electron chi connectivity index (χ2n) is 5.70. The molecule has 0 saturated heterocycles. The van der Waals surface area contributed by atoms with Crippen molar-refractivity contribution in [3.05, 3.63) is 40.5 Å². The Balaban J connectivity index is 2.04. The van der Waals surface area contributed by atoms with Gasteiger partial charge < -0.3 is 5.32 Å². The Morgan fingerprint density at radius 2 is 1.90 bits per heavy atom. The molecule has 1 heterocycles. The van der Waals surface area contributed by atoms with Crippen LogP contribution in [0, 0.1) is 6.92 Å². The van der Waals surface area contributed by atoms with E-state index in [4.69, 9.17) is 16.6 Å². The van der Waals surface area contributed by atoms with Crippen LogP contribution in [-0.2, 0) is 0 Å². The first-order valence-electron chi connectivity index (χ1n) is 7.50. The molecular formula is C17H20ClN3. The molecule has 2 aromatic rings. The fraction of sp³-hybridized carbons (Fsp3) is 0.412. The minimum absolute atomic E-state index is 0.569. The number of aromatic nitrogens is 2. The lowest BCUT2D eigenvalue weighted by atomic mass is 10.0. The van der Waals surface area contributed by atoms with Crippen LogP contribution in [0.15, 0.2) is 24.3 Å². The van der Waals surface area contributed by atoms with Gasteiger partial charge in [0.1, 0.15) is 5.82 Å². The van der Waals surface area contributed by atoms with Gasteiger partial charge >= 0.3 is 0 Å². The summed E-state index contributed by atoms with van der Waals surface area (Å²) in [7, 11) is 1.90. The molecule has 1 aliphatic rings. The highest BCUT2D eigenvalue weighted by molar-refractivity contribution is 6.31. The van der Waals surface area contributed by atoms with Crippen LogP contribution < -0.4 is 5.32 Å². The molecule has 0 unspecified atom stereocenters. The lowest BCUT2D eigenvalue weighted by Crippen LogP contribution is -2.04. The standard InChI is InChI=1S/C17H20ClN3/c1-11-7-8-13(9-14(11)18)17-20-15(10-16(19-2)21-17)12-5-3-4-6-12/h7-10,12H,3-6H2,1-2H3,(H,19,20,21). The van der Waals surface area contributed by atoms with Gasteiger partial charge in [0.05, 0.1) is 0 Å². The molecule has 21 heavy (non-hydrogen) atoms. The van der Waals surface area contributed by atoms with Crippen molar-refractivity contribution < 1.29 is 0 Å². The van der Waals surface area contributed by atoms with Gasteiger partial charge in [0.2, 0.25) is 0 Å². The number of hydrogen-bond acceptors (Lipinski definition) is 3. The van der Waals surface area contributed by atoms with E-state index < -0.39 is 0 Å². The Labute approximate surface area is 130 Å². The summed E-state index contributed by atoms with van der Waals surface area (Å²) in [5, 5.41) is 3.90. The van der Waals surface area contributed by atoms with Gasteiger partial charge in [-0.3, -0.25) is 0 Å². The zero-order valence-corrected chi connectivity index (χ0v) is 13.2. The minimum Gasteiger partial charge on any atom is -0.373 e. The molecule has 1 fully saturated rings. The van der Waals surface area contributed by atoms with Crippen LogP contribution in [0.25, 0.3) is 11.4 Å². The fourth-order valence-electron chi connectivity index (χ4n) is 2.89. The van der Waals surface area contributed by atoms with Crippen LogP contribution in [0.4, 0.5) is 5.82 Å². The third kappa shape index (κ3) is 3.03. The monoisotopic (exact) mass is 301 g/mol. The minimum atomic E-state index is 0.569. The number of halogens is 1. The quantitative estimate of drug-likeness (QED) is 0.884. The number of anilines is 1. The number of nitrogens with one attached hydrogen (secondary N) is 1. The molecule has 1 aromatic heterocycles. The first-order valence-corrected chi connectivity index (χ1v) is 7.88. The van der Waals surface area contributed by atoms with Gasteiger partial charge in [0.15, 0.2) is 5.82 Å². The lowest BCUT2D eigenvalue weighted by Gasteiger charge is -2.13. The molecule has 0 radical (unpaired) electrons. The number of benzene rings is 1. The van der Waals surface area contributed by atoms with Crippen molar-refractivity contribution in [3.8, 4) is 11.4 Å². The van der Waals surface area contributed by atoms with Gasteiger partial charge in [-0.2, -0.15) is 0 Å². The van der Waals surface area contributed by atoms with Crippen molar-refractivity contribution in [3.63, 3.8) is 0 Å². The molecule has 0 amide bonds. The van der Waals surface area contributed by atoms with E-state index in [1.807, 2.05) is 32.2 Å². The van der Waals surface area contributed by atoms with Crippen molar-refractivity contribution in [2.45, 2.75) is 38.5 Å². The van der Waals surface area contributed by atoms with Crippen molar-refractivity contribution in [2.24, 2.45) is 0 Å². The Hall–Kier alpha value is -1.61. The molecule has 4 heteroatoms. The molecule has 1 N–H and O–H groups in total. The summed E-state index contributed by atoms with van der Waals surface area (Å²) >= 11 is 6.23. The van der Waals surface area contributed by atoms with E-state index in [1.54, 1.807) is 0 Å². The van der Waals surface area contributed by atoms with Crippen molar-refractivity contribution in [2.75, 3.05) is 12.4 Å². The molecule has 3 rings (SSSR count). The Morgan fingerprint density at radius 3 is 2.57 bits per heavy atom.